The SMILES string of the molecule is CON(Cc1ccccc1)c1cc(N(Cc2ccccc2)OC)c(C)c(N(Cc2ccccc2)OC)c1. The number of benzene rings is 4. The molecule has 0 amide bonds. The van der Waals surface area contributed by atoms with Gasteiger partial charge in [-0.25, -0.2) is 15.2 Å². The van der Waals surface area contributed by atoms with Crippen LogP contribution in [-0.4, -0.2) is 21.3 Å². The van der Waals surface area contributed by atoms with Crippen molar-refractivity contribution >= 4 is 17.1 Å². The molecule has 192 valence electrons. The van der Waals surface area contributed by atoms with Crippen molar-refractivity contribution in [3.8, 4) is 0 Å². The molecular weight excluding hydrogens is 462 g/mol. The average Bonchev–Trinajstić information content (AvgIpc) is 2.95. The Hall–Kier alpha value is -3.84. The molecule has 0 aliphatic carbocycles. The number of anilines is 3. The molecule has 0 spiro atoms. The van der Waals surface area contributed by atoms with Crippen LogP contribution in [0.1, 0.15) is 22.3 Å². The number of hydrogen-bond acceptors (Lipinski definition) is 6. The van der Waals surface area contributed by atoms with Crippen molar-refractivity contribution in [3.63, 3.8) is 0 Å². The number of rotatable bonds is 12. The van der Waals surface area contributed by atoms with Gasteiger partial charge < -0.3 is 0 Å². The van der Waals surface area contributed by atoms with Gasteiger partial charge >= 0.3 is 0 Å². The van der Waals surface area contributed by atoms with Gasteiger partial charge in [0, 0.05) is 5.56 Å². The third kappa shape index (κ3) is 6.68. The van der Waals surface area contributed by atoms with Crippen LogP contribution in [0.3, 0.4) is 0 Å². The van der Waals surface area contributed by atoms with Gasteiger partial charge in [0.25, 0.3) is 0 Å². The summed E-state index contributed by atoms with van der Waals surface area (Å²) in [5.74, 6) is 0. The molecule has 0 aromatic heterocycles. The summed E-state index contributed by atoms with van der Waals surface area (Å²) in [6.45, 7) is 3.88. The van der Waals surface area contributed by atoms with Gasteiger partial charge in [0.05, 0.1) is 58.0 Å². The van der Waals surface area contributed by atoms with Crippen molar-refractivity contribution in [1.82, 2.24) is 0 Å². The Bertz CT molecular complexity index is 1170. The van der Waals surface area contributed by atoms with E-state index in [9.17, 15) is 0 Å². The monoisotopic (exact) mass is 497 g/mol. The molecule has 37 heavy (non-hydrogen) atoms. The zero-order valence-corrected chi connectivity index (χ0v) is 22.0. The highest BCUT2D eigenvalue weighted by molar-refractivity contribution is 5.73. The topological polar surface area (TPSA) is 37.4 Å². The van der Waals surface area contributed by atoms with Crippen LogP contribution in [0, 0.1) is 6.92 Å². The second-order valence-corrected chi connectivity index (χ2v) is 8.72. The van der Waals surface area contributed by atoms with E-state index in [0.717, 1.165) is 39.3 Å². The van der Waals surface area contributed by atoms with Crippen molar-refractivity contribution in [1.29, 1.82) is 0 Å². The van der Waals surface area contributed by atoms with Gasteiger partial charge in [-0.15, -0.1) is 0 Å². The van der Waals surface area contributed by atoms with E-state index in [4.69, 9.17) is 14.5 Å². The van der Waals surface area contributed by atoms with E-state index < -0.39 is 0 Å². The Morgan fingerprint density at radius 1 is 0.486 bits per heavy atom. The van der Waals surface area contributed by atoms with Gasteiger partial charge in [-0.05, 0) is 35.7 Å². The van der Waals surface area contributed by atoms with E-state index in [1.165, 1.54) is 0 Å². The highest BCUT2D eigenvalue weighted by Gasteiger charge is 2.21. The minimum atomic E-state index is 0.594. The third-order valence-electron chi connectivity index (χ3n) is 6.33. The molecule has 0 radical (unpaired) electrons. The first-order chi connectivity index (χ1) is 18.1. The van der Waals surface area contributed by atoms with Crippen molar-refractivity contribution in [2.75, 3.05) is 36.5 Å². The van der Waals surface area contributed by atoms with Crippen molar-refractivity contribution in [2.45, 2.75) is 26.6 Å². The molecule has 0 atom stereocenters. The van der Waals surface area contributed by atoms with Crippen LogP contribution >= 0.6 is 0 Å². The summed E-state index contributed by atoms with van der Waals surface area (Å²) in [5, 5.41) is 5.70. The fourth-order valence-electron chi connectivity index (χ4n) is 4.34. The fourth-order valence-corrected chi connectivity index (χ4v) is 4.34. The van der Waals surface area contributed by atoms with E-state index in [1.807, 2.05) is 69.8 Å². The smallest absolute Gasteiger partial charge is 0.0712 e. The van der Waals surface area contributed by atoms with Gasteiger partial charge in [0.2, 0.25) is 0 Å². The van der Waals surface area contributed by atoms with Gasteiger partial charge in [-0.2, -0.15) is 0 Å². The summed E-state index contributed by atoms with van der Waals surface area (Å²) in [6.07, 6.45) is 0. The van der Waals surface area contributed by atoms with Gasteiger partial charge in [-0.3, -0.25) is 14.5 Å². The van der Waals surface area contributed by atoms with Crippen molar-refractivity contribution in [2.24, 2.45) is 0 Å². The molecule has 0 fully saturated rings. The highest BCUT2D eigenvalue weighted by Crippen LogP contribution is 2.37. The van der Waals surface area contributed by atoms with E-state index in [-0.39, 0.29) is 0 Å². The van der Waals surface area contributed by atoms with E-state index >= 15 is 0 Å². The van der Waals surface area contributed by atoms with Crippen LogP contribution in [0.2, 0.25) is 0 Å². The van der Waals surface area contributed by atoms with Crippen LogP contribution in [0.4, 0.5) is 17.1 Å². The normalized spacial score (nSPS) is 10.8. The Morgan fingerprint density at radius 3 is 1.14 bits per heavy atom. The number of hydroxylamine groups is 3. The minimum absolute atomic E-state index is 0.594. The molecule has 4 aromatic carbocycles. The molecule has 0 heterocycles. The van der Waals surface area contributed by atoms with Crippen LogP contribution in [-0.2, 0) is 34.1 Å². The molecule has 0 unspecified atom stereocenters. The van der Waals surface area contributed by atoms with Crippen molar-refractivity contribution < 1.29 is 14.5 Å². The summed E-state index contributed by atoms with van der Waals surface area (Å²) in [5.41, 5.74) is 7.25. The van der Waals surface area contributed by atoms with Gasteiger partial charge in [-0.1, -0.05) is 91.0 Å². The lowest BCUT2D eigenvalue weighted by Crippen LogP contribution is -2.27. The lowest BCUT2D eigenvalue weighted by molar-refractivity contribution is 0.156. The standard InChI is InChI=1S/C31H35N3O3/c1-25-30(33(36-3)23-27-16-10-6-11-17-27)20-29(32(35-2)22-26-14-8-5-9-15-26)21-31(25)34(37-4)24-28-18-12-7-13-19-28/h5-21H,22-24H2,1-4H3. The predicted octanol–water partition coefficient (Wildman–Crippen LogP) is 6.70. The van der Waals surface area contributed by atoms with Crippen LogP contribution in [0.15, 0.2) is 103 Å². The Balaban J connectivity index is 1.77. The second kappa shape index (κ2) is 12.9. The van der Waals surface area contributed by atoms with Crippen LogP contribution in [0.25, 0.3) is 0 Å². The largest absolute Gasteiger partial charge is 0.276 e. The summed E-state index contributed by atoms with van der Waals surface area (Å²) in [6, 6.07) is 35.1. The Kier molecular flexibility index (Phi) is 9.16. The molecule has 4 rings (SSSR count). The second-order valence-electron chi connectivity index (χ2n) is 8.72. The Morgan fingerprint density at radius 2 is 0.811 bits per heavy atom. The van der Waals surface area contributed by atoms with Gasteiger partial charge in [0.1, 0.15) is 0 Å². The quantitative estimate of drug-likeness (QED) is 0.203. The highest BCUT2D eigenvalue weighted by atomic mass is 16.7. The van der Waals surface area contributed by atoms with Crippen molar-refractivity contribution in [3.05, 3.63) is 125 Å². The predicted molar refractivity (Wildman–Crippen MR) is 150 cm³/mol. The summed E-state index contributed by atoms with van der Waals surface area (Å²) < 4.78 is 0. The summed E-state index contributed by atoms with van der Waals surface area (Å²) in [4.78, 5) is 17.7. The average molecular weight is 498 g/mol. The van der Waals surface area contributed by atoms with Crippen LogP contribution in [0.5, 0.6) is 0 Å². The molecule has 4 aromatic rings. The first-order valence-corrected chi connectivity index (χ1v) is 12.3. The van der Waals surface area contributed by atoms with E-state index in [0.29, 0.717) is 19.6 Å². The number of nitrogens with zero attached hydrogens (tertiary/aromatic N) is 3. The van der Waals surface area contributed by atoms with Crippen LogP contribution < -0.4 is 15.2 Å². The van der Waals surface area contributed by atoms with E-state index in [2.05, 4.69) is 55.5 Å². The molecular formula is C31H35N3O3. The molecule has 6 heteroatoms. The number of hydrogen-bond donors (Lipinski definition) is 0. The maximum absolute atomic E-state index is 5.91. The molecule has 6 nitrogen and oxygen atoms in total. The van der Waals surface area contributed by atoms with Gasteiger partial charge in [0.15, 0.2) is 0 Å². The fraction of sp³-hybridized carbons (Fsp3) is 0.226. The Labute approximate surface area is 220 Å². The third-order valence-corrected chi connectivity index (χ3v) is 6.33. The first kappa shape index (κ1) is 26.2. The lowest BCUT2D eigenvalue weighted by Gasteiger charge is -2.32. The van der Waals surface area contributed by atoms with E-state index in [1.54, 1.807) is 21.3 Å². The maximum Gasteiger partial charge on any atom is 0.0712 e. The maximum atomic E-state index is 5.91. The first-order valence-electron chi connectivity index (χ1n) is 12.3. The molecule has 0 saturated carbocycles. The molecule has 0 N–H and O–H groups in total. The molecule has 0 aliphatic heterocycles. The zero-order valence-electron chi connectivity index (χ0n) is 22.0. The lowest BCUT2D eigenvalue weighted by atomic mass is 10.1. The minimum Gasteiger partial charge on any atom is -0.276 e. The summed E-state index contributed by atoms with van der Waals surface area (Å²) >= 11 is 0. The zero-order chi connectivity index (χ0) is 26.0. The molecule has 0 aliphatic rings. The molecule has 0 saturated heterocycles. The molecule has 0 bridgehead atoms. The summed E-state index contributed by atoms with van der Waals surface area (Å²) in [7, 11) is 5.09.